The van der Waals surface area contributed by atoms with Gasteiger partial charge in [-0.2, -0.15) is 0 Å². The number of aryl methyl sites for hydroxylation is 1. The Balaban J connectivity index is 1.97. The van der Waals surface area contributed by atoms with Gasteiger partial charge in [-0.15, -0.1) is 0 Å². The van der Waals surface area contributed by atoms with Crippen LogP contribution in [0.25, 0.3) is 0 Å². The first kappa shape index (κ1) is 31.4. The molecule has 0 saturated heterocycles. The second-order valence-electron chi connectivity index (χ2n) is 9.54. The van der Waals surface area contributed by atoms with E-state index >= 15 is 0 Å². The summed E-state index contributed by atoms with van der Waals surface area (Å²) in [5.74, 6) is 12.4. The Morgan fingerprint density at radius 3 is 1.69 bits per heavy atom. The van der Waals surface area contributed by atoms with Crippen molar-refractivity contribution in [3.8, 4) is 23.7 Å². The molecule has 0 saturated carbocycles. The van der Waals surface area contributed by atoms with Crippen LogP contribution in [0.1, 0.15) is 140 Å². The molecule has 3 nitrogen and oxygen atoms in total. The van der Waals surface area contributed by atoms with E-state index in [0.717, 1.165) is 49.7 Å². The summed E-state index contributed by atoms with van der Waals surface area (Å²) in [6.45, 7) is 4.28. The zero-order valence-corrected chi connectivity index (χ0v) is 23.1. The fourth-order valence-electron chi connectivity index (χ4n) is 4.13. The molecule has 0 heterocycles. The Bertz CT molecular complexity index is 779. The van der Waals surface area contributed by atoms with Gasteiger partial charge < -0.3 is 4.55 Å². The summed E-state index contributed by atoms with van der Waals surface area (Å²) in [7, 11) is 0. The lowest BCUT2D eigenvalue weighted by Gasteiger charge is -2.19. The highest BCUT2D eigenvalue weighted by Crippen LogP contribution is 2.25. The van der Waals surface area contributed by atoms with E-state index in [1.165, 1.54) is 77.0 Å². The molecular formula is C31H47O3S-. The monoisotopic (exact) mass is 499 g/mol. The number of rotatable bonds is 20. The van der Waals surface area contributed by atoms with Crippen LogP contribution in [-0.4, -0.2) is 8.76 Å². The molecule has 1 aromatic carbocycles. The molecule has 1 aromatic rings. The Morgan fingerprint density at radius 1 is 0.743 bits per heavy atom. The Hall–Kier alpha value is -1.59. The summed E-state index contributed by atoms with van der Waals surface area (Å²) in [5, 5.41) is 0. The summed E-state index contributed by atoms with van der Waals surface area (Å²) in [4.78, 5) is 0. The van der Waals surface area contributed by atoms with Gasteiger partial charge in [0.05, 0.1) is 17.5 Å². The lowest BCUT2D eigenvalue weighted by molar-refractivity contribution is 0.190. The Kier molecular flexibility index (Phi) is 20.5. The second-order valence-corrected chi connectivity index (χ2v) is 10.1. The molecule has 35 heavy (non-hydrogen) atoms. The Morgan fingerprint density at radius 2 is 1.20 bits per heavy atom. The average molecular weight is 500 g/mol. The van der Waals surface area contributed by atoms with Gasteiger partial charge in [0.25, 0.3) is 0 Å². The van der Waals surface area contributed by atoms with E-state index < -0.39 is 11.4 Å². The molecule has 0 spiro atoms. The van der Waals surface area contributed by atoms with Crippen LogP contribution in [0.5, 0.6) is 0 Å². The van der Waals surface area contributed by atoms with Crippen LogP contribution in [0.15, 0.2) is 24.3 Å². The van der Waals surface area contributed by atoms with Crippen molar-refractivity contribution in [3.05, 3.63) is 35.4 Å². The van der Waals surface area contributed by atoms with Gasteiger partial charge in [-0.25, -0.2) is 4.21 Å². The minimum absolute atomic E-state index is 0.379. The zero-order chi connectivity index (χ0) is 25.4. The fourth-order valence-corrected chi connectivity index (χ4v) is 4.53. The van der Waals surface area contributed by atoms with Crippen LogP contribution in [0.2, 0.25) is 0 Å². The minimum Gasteiger partial charge on any atom is -0.750 e. The second kappa shape index (κ2) is 22.8. The largest absolute Gasteiger partial charge is 0.750 e. The van der Waals surface area contributed by atoms with E-state index in [9.17, 15) is 8.76 Å². The van der Waals surface area contributed by atoms with Crippen molar-refractivity contribution in [1.29, 1.82) is 0 Å². The lowest BCUT2D eigenvalue weighted by Crippen LogP contribution is -2.06. The van der Waals surface area contributed by atoms with Crippen LogP contribution in [0.3, 0.4) is 0 Å². The molecule has 196 valence electrons. The van der Waals surface area contributed by atoms with Crippen molar-refractivity contribution in [2.45, 2.75) is 136 Å². The van der Waals surface area contributed by atoms with Crippen LogP contribution in [-0.2, 0) is 15.5 Å². The van der Waals surface area contributed by atoms with Crippen LogP contribution < -0.4 is 0 Å². The van der Waals surface area contributed by atoms with Gasteiger partial charge in [-0.05, 0) is 43.6 Å². The maximum Gasteiger partial charge on any atom is 0.0987 e. The van der Waals surface area contributed by atoms with Crippen LogP contribution in [0.4, 0.5) is 0 Å². The van der Waals surface area contributed by atoms with Crippen LogP contribution >= 0.6 is 0 Å². The highest BCUT2D eigenvalue weighted by atomic mass is 32.2. The number of hydrogen-bond acceptors (Lipinski definition) is 3. The maximum atomic E-state index is 11.0. The van der Waals surface area contributed by atoms with Crippen molar-refractivity contribution in [2.75, 3.05) is 0 Å². The fraction of sp³-hybridized carbons (Fsp3) is 0.677. The molecule has 1 rings (SSSR count). The third-order valence-corrected chi connectivity index (χ3v) is 6.70. The number of hydrogen-bond donors (Lipinski definition) is 0. The van der Waals surface area contributed by atoms with Crippen LogP contribution in [0, 0.1) is 30.6 Å². The van der Waals surface area contributed by atoms with E-state index in [2.05, 4.69) is 30.6 Å². The van der Waals surface area contributed by atoms with Crippen molar-refractivity contribution >= 4 is 11.4 Å². The average Bonchev–Trinajstić information content (AvgIpc) is 2.84. The first-order valence-electron chi connectivity index (χ1n) is 13.9. The molecule has 0 N–H and O–H groups in total. The normalized spacial score (nSPS) is 12.3. The first-order valence-corrected chi connectivity index (χ1v) is 14.9. The molecular weight excluding hydrogens is 452 g/mol. The van der Waals surface area contributed by atoms with E-state index in [1.807, 2.05) is 31.2 Å². The standard InChI is InChI=1S/C31H48O3S/c1-3-4-5-6-7-8-9-10-11-12-13-14-15-16-17-18-19-20-21-22-23-24-31(34-35(32)33)30-27-25-29(2)26-28-30/h25-28,31H,3-11,16-24H2,1-2H3,(H,32,33)/p-1. The predicted molar refractivity (Wildman–Crippen MR) is 148 cm³/mol. The minimum atomic E-state index is -2.49. The van der Waals surface area contributed by atoms with Gasteiger partial charge in [0, 0.05) is 12.8 Å². The lowest BCUT2D eigenvalue weighted by atomic mass is 10.0. The van der Waals surface area contributed by atoms with Gasteiger partial charge in [0.15, 0.2) is 0 Å². The number of unbranched alkanes of at least 4 members (excludes halogenated alkanes) is 15. The highest BCUT2D eigenvalue weighted by Gasteiger charge is 2.12. The Labute approximate surface area is 218 Å². The predicted octanol–water partition coefficient (Wildman–Crippen LogP) is 8.90. The van der Waals surface area contributed by atoms with Gasteiger partial charge in [-0.3, -0.25) is 4.18 Å². The molecule has 2 unspecified atom stereocenters. The van der Waals surface area contributed by atoms with E-state index in [-0.39, 0.29) is 6.10 Å². The van der Waals surface area contributed by atoms with Gasteiger partial charge in [0.2, 0.25) is 0 Å². The SMILES string of the molecule is CCCCCCCCCCC#CC#CCCCCCCCCCC(OS(=O)[O-])c1ccc(C)cc1. The molecule has 0 fully saturated rings. The van der Waals surface area contributed by atoms with Crippen molar-refractivity contribution in [2.24, 2.45) is 0 Å². The summed E-state index contributed by atoms with van der Waals surface area (Å²) < 4.78 is 27.2. The molecule has 0 aliphatic rings. The molecule has 0 amide bonds. The van der Waals surface area contributed by atoms with Gasteiger partial charge >= 0.3 is 0 Å². The molecule has 0 aliphatic carbocycles. The van der Waals surface area contributed by atoms with E-state index in [1.54, 1.807) is 0 Å². The maximum absolute atomic E-state index is 11.0. The molecule has 0 aliphatic heterocycles. The molecule has 0 aromatic heterocycles. The molecule has 4 heteroatoms. The molecule has 0 bridgehead atoms. The van der Waals surface area contributed by atoms with Gasteiger partial charge in [0.1, 0.15) is 0 Å². The summed E-state index contributed by atoms with van der Waals surface area (Å²) in [6.07, 6.45) is 21.1. The summed E-state index contributed by atoms with van der Waals surface area (Å²) in [6, 6.07) is 7.90. The van der Waals surface area contributed by atoms with Crippen molar-refractivity contribution in [1.82, 2.24) is 0 Å². The third kappa shape index (κ3) is 19.3. The highest BCUT2D eigenvalue weighted by molar-refractivity contribution is 7.74. The summed E-state index contributed by atoms with van der Waals surface area (Å²) in [5.41, 5.74) is 2.09. The smallest absolute Gasteiger partial charge is 0.0987 e. The van der Waals surface area contributed by atoms with E-state index in [4.69, 9.17) is 4.18 Å². The molecule has 0 radical (unpaired) electrons. The van der Waals surface area contributed by atoms with Gasteiger partial charge in [-0.1, -0.05) is 132 Å². The topological polar surface area (TPSA) is 49.4 Å². The quantitative estimate of drug-likeness (QED) is 0.102. The summed E-state index contributed by atoms with van der Waals surface area (Å²) >= 11 is -2.49. The third-order valence-electron chi connectivity index (χ3n) is 6.31. The van der Waals surface area contributed by atoms with Crippen molar-refractivity contribution < 1.29 is 12.9 Å². The van der Waals surface area contributed by atoms with E-state index in [0.29, 0.717) is 0 Å². The zero-order valence-electron chi connectivity index (χ0n) is 22.2. The first-order chi connectivity index (χ1) is 17.1. The number of benzene rings is 1. The van der Waals surface area contributed by atoms with Crippen molar-refractivity contribution in [3.63, 3.8) is 0 Å². The molecule has 2 atom stereocenters.